The number of halogens is 1. The van der Waals surface area contributed by atoms with Gasteiger partial charge in [0.25, 0.3) is 5.91 Å². The lowest BCUT2D eigenvalue weighted by Crippen LogP contribution is -2.27. The van der Waals surface area contributed by atoms with Crippen LogP contribution in [0.2, 0.25) is 5.02 Å². The van der Waals surface area contributed by atoms with E-state index in [0.717, 1.165) is 11.8 Å². The van der Waals surface area contributed by atoms with Crippen LogP contribution in [0.3, 0.4) is 0 Å². The number of carboxylic acid groups (broad SMARTS) is 1. The van der Waals surface area contributed by atoms with Crippen molar-refractivity contribution < 1.29 is 28.9 Å². The molecular weight excluding hydrogens is 450 g/mol. The number of amides is 1. The fourth-order valence-electron chi connectivity index (χ4n) is 2.72. The first-order valence-corrected chi connectivity index (χ1v) is 10.1. The van der Waals surface area contributed by atoms with Crippen LogP contribution in [-0.2, 0) is 9.59 Å². The fraction of sp³-hybridized carbons (Fsp3) is 0.150. The molecule has 2 aromatic rings. The van der Waals surface area contributed by atoms with Crippen LogP contribution in [0, 0.1) is 0 Å². The van der Waals surface area contributed by atoms with Gasteiger partial charge >= 0.3 is 5.97 Å². The van der Waals surface area contributed by atoms with Crippen LogP contribution in [0.1, 0.15) is 5.56 Å². The summed E-state index contributed by atoms with van der Waals surface area (Å²) in [6, 6.07) is 9.98. The van der Waals surface area contributed by atoms with Crippen LogP contribution in [0.15, 0.2) is 41.3 Å². The molecule has 1 aliphatic heterocycles. The zero-order valence-corrected chi connectivity index (χ0v) is 18.3. The zero-order valence-electron chi connectivity index (χ0n) is 15.9. The van der Waals surface area contributed by atoms with Gasteiger partial charge in [0.2, 0.25) is 0 Å². The predicted octanol–water partition coefficient (Wildman–Crippen LogP) is 4.23. The molecule has 1 heterocycles. The molecular formula is C20H16ClNO6S2. The summed E-state index contributed by atoms with van der Waals surface area (Å²) in [5.41, 5.74) is 1.00. The van der Waals surface area contributed by atoms with Crippen molar-refractivity contribution in [3.8, 4) is 17.2 Å². The number of aliphatic carboxylic acids is 1. The van der Waals surface area contributed by atoms with Gasteiger partial charge in [0.05, 0.1) is 29.8 Å². The number of para-hydroxylation sites is 1. The van der Waals surface area contributed by atoms with Crippen molar-refractivity contribution in [1.29, 1.82) is 0 Å². The van der Waals surface area contributed by atoms with Gasteiger partial charge in [-0.15, -0.1) is 0 Å². The number of carboxylic acids is 1. The van der Waals surface area contributed by atoms with Gasteiger partial charge in [0.15, 0.2) is 22.4 Å². The lowest BCUT2D eigenvalue weighted by molar-refractivity contribution is -0.139. The minimum absolute atomic E-state index is 0.222. The Labute approximate surface area is 187 Å². The highest BCUT2D eigenvalue weighted by molar-refractivity contribution is 8.27. The van der Waals surface area contributed by atoms with E-state index in [1.165, 1.54) is 19.1 Å². The highest BCUT2D eigenvalue weighted by Crippen LogP contribution is 2.40. The second kappa shape index (κ2) is 9.38. The fourth-order valence-corrected chi connectivity index (χ4v) is 4.26. The summed E-state index contributed by atoms with van der Waals surface area (Å²) >= 11 is 12.7. The van der Waals surface area contributed by atoms with Gasteiger partial charge in [-0.25, -0.2) is 4.79 Å². The maximum atomic E-state index is 13.0. The van der Waals surface area contributed by atoms with Gasteiger partial charge in [0.1, 0.15) is 5.75 Å². The lowest BCUT2D eigenvalue weighted by Gasteiger charge is -2.16. The standard InChI is InChI=1S/C20H16ClNO6S2/c1-26-14-7-6-12(9-13(14)21)22-19(25)16(30-20(22)29)8-11-4-3-5-15(27-2)18(11)28-10-17(23)24/h3-9H,10H2,1-2H3,(H,23,24)/b16-8+. The normalized spacial score (nSPS) is 14.9. The number of thioether (sulfide) groups is 1. The van der Waals surface area contributed by atoms with Crippen LogP contribution >= 0.6 is 35.6 Å². The van der Waals surface area contributed by atoms with Gasteiger partial charge in [-0.05, 0) is 30.3 Å². The maximum Gasteiger partial charge on any atom is 0.341 e. The zero-order chi connectivity index (χ0) is 21.8. The molecule has 156 valence electrons. The van der Waals surface area contributed by atoms with Crippen molar-refractivity contribution in [2.75, 3.05) is 25.7 Å². The molecule has 0 saturated carbocycles. The number of rotatable bonds is 7. The molecule has 1 aliphatic rings. The Morgan fingerprint density at radius 3 is 2.60 bits per heavy atom. The molecule has 0 unspecified atom stereocenters. The monoisotopic (exact) mass is 465 g/mol. The van der Waals surface area contributed by atoms with Crippen molar-refractivity contribution in [2.24, 2.45) is 0 Å². The number of hydrogen-bond acceptors (Lipinski definition) is 7. The number of methoxy groups -OCH3 is 2. The Balaban J connectivity index is 1.96. The number of thiocarbonyl (C=S) groups is 1. The first-order valence-electron chi connectivity index (χ1n) is 8.48. The molecule has 0 spiro atoms. The Bertz CT molecular complexity index is 1060. The number of anilines is 1. The molecule has 2 aromatic carbocycles. The quantitative estimate of drug-likeness (QED) is 0.480. The van der Waals surface area contributed by atoms with Crippen LogP contribution in [-0.4, -0.2) is 42.1 Å². The molecule has 1 fully saturated rings. The van der Waals surface area contributed by atoms with Crippen molar-refractivity contribution in [3.05, 3.63) is 51.9 Å². The largest absolute Gasteiger partial charge is 0.495 e. The van der Waals surface area contributed by atoms with Crippen molar-refractivity contribution in [1.82, 2.24) is 0 Å². The van der Waals surface area contributed by atoms with Gasteiger partial charge in [-0.1, -0.05) is 47.7 Å². The van der Waals surface area contributed by atoms with E-state index in [2.05, 4.69) is 0 Å². The number of hydrogen-bond donors (Lipinski definition) is 1. The van der Waals surface area contributed by atoms with Crippen LogP contribution in [0.4, 0.5) is 5.69 Å². The second-order valence-electron chi connectivity index (χ2n) is 5.90. The van der Waals surface area contributed by atoms with Gasteiger partial charge in [0, 0.05) is 5.56 Å². The molecule has 1 N–H and O–H groups in total. The highest BCUT2D eigenvalue weighted by Gasteiger charge is 2.34. The van der Waals surface area contributed by atoms with E-state index in [1.54, 1.807) is 42.5 Å². The van der Waals surface area contributed by atoms with Crippen LogP contribution in [0.5, 0.6) is 17.2 Å². The molecule has 0 aromatic heterocycles. The highest BCUT2D eigenvalue weighted by atomic mass is 35.5. The Hall–Kier alpha value is -2.75. The summed E-state index contributed by atoms with van der Waals surface area (Å²) in [5.74, 6) is -0.409. The third kappa shape index (κ3) is 4.53. The molecule has 3 rings (SSSR count). The number of nitrogens with zero attached hydrogens (tertiary/aromatic N) is 1. The SMILES string of the molecule is COc1ccc(N2C(=O)/C(=C\c3cccc(OC)c3OCC(=O)O)SC2=S)cc1Cl. The van der Waals surface area contributed by atoms with Crippen LogP contribution < -0.4 is 19.1 Å². The van der Waals surface area contributed by atoms with E-state index in [9.17, 15) is 9.59 Å². The molecule has 0 aliphatic carbocycles. The average molecular weight is 466 g/mol. The first kappa shape index (κ1) is 21.9. The van der Waals surface area contributed by atoms with E-state index in [-0.39, 0.29) is 11.7 Å². The molecule has 7 nitrogen and oxygen atoms in total. The van der Waals surface area contributed by atoms with E-state index >= 15 is 0 Å². The minimum Gasteiger partial charge on any atom is -0.495 e. The number of carbonyl (C=O) groups is 2. The first-order chi connectivity index (χ1) is 14.3. The Morgan fingerprint density at radius 2 is 1.97 bits per heavy atom. The Kier molecular flexibility index (Phi) is 6.86. The van der Waals surface area contributed by atoms with Crippen LogP contribution in [0.25, 0.3) is 6.08 Å². The summed E-state index contributed by atoms with van der Waals surface area (Å²) in [7, 11) is 2.95. The molecule has 10 heteroatoms. The van der Waals surface area contributed by atoms with E-state index in [1.807, 2.05) is 0 Å². The molecule has 1 saturated heterocycles. The number of benzene rings is 2. The summed E-state index contributed by atoms with van der Waals surface area (Å²) in [4.78, 5) is 25.7. The predicted molar refractivity (Wildman–Crippen MR) is 120 cm³/mol. The molecule has 1 amide bonds. The molecule has 30 heavy (non-hydrogen) atoms. The van der Waals surface area contributed by atoms with E-state index in [4.69, 9.17) is 43.1 Å². The molecule has 0 radical (unpaired) electrons. The van der Waals surface area contributed by atoms with Crippen molar-refractivity contribution >= 4 is 63.5 Å². The second-order valence-corrected chi connectivity index (χ2v) is 7.98. The smallest absolute Gasteiger partial charge is 0.341 e. The Morgan fingerprint density at radius 1 is 1.23 bits per heavy atom. The van der Waals surface area contributed by atoms with Gasteiger partial charge in [-0.3, -0.25) is 9.69 Å². The van der Waals surface area contributed by atoms with E-state index in [0.29, 0.717) is 37.0 Å². The summed E-state index contributed by atoms with van der Waals surface area (Å²) < 4.78 is 16.1. The van der Waals surface area contributed by atoms with Crippen molar-refractivity contribution in [3.63, 3.8) is 0 Å². The lowest BCUT2D eigenvalue weighted by atomic mass is 10.1. The third-order valence-electron chi connectivity index (χ3n) is 4.04. The summed E-state index contributed by atoms with van der Waals surface area (Å²) in [6.07, 6.45) is 1.59. The number of carbonyl (C=O) groups excluding carboxylic acids is 1. The van der Waals surface area contributed by atoms with E-state index < -0.39 is 12.6 Å². The summed E-state index contributed by atoms with van der Waals surface area (Å²) in [5, 5.41) is 9.28. The maximum absolute atomic E-state index is 13.0. The third-order valence-corrected chi connectivity index (χ3v) is 5.64. The van der Waals surface area contributed by atoms with Gasteiger partial charge in [-0.2, -0.15) is 0 Å². The average Bonchev–Trinajstić information content (AvgIpc) is 2.99. The molecule has 0 bridgehead atoms. The van der Waals surface area contributed by atoms with Gasteiger partial charge < -0.3 is 19.3 Å². The number of ether oxygens (including phenoxy) is 3. The minimum atomic E-state index is -1.13. The summed E-state index contributed by atoms with van der Waals surface area (Å²) in [6.45, 7) is -0.549. The molecule has 0 atom stereocenters. The topological polar surface area (TPSA) is 85.3 Å². The van der Waals surface area contributed by atoms with Crippen molar-refractivity contribution in [2.45, 2.75) is 0 Å².